The Kier molecular flexibility index (Phi) is 4.24. The number of thioether (sulfide) groups is 1. The van der Waals surface area contributed by atoms with E-state index in [4.69, 9.17) is 0 Å². The number of aromatic nitrogens is 3. The van der Waals surface area contributed by atoms with E-state index in [0.717, 1.165) is 21.9 Å². The van der Waals surface area contributed by atoms with Crippen molar-refractivity contribution < 1.29 is 9.78 Å². The number of nitrogens with zero attached hydrogens (tertiary/aromatic N) is 2. The minimum absolute atomic E-state index is 0.150. The number of nitrogens with one attached hydrogen (secondary N) is 3. The molecule has 1 aromatic carbocycles. The molecule has 0 spiro atoms. The van der Waals surface area contributed by atoms with Crippen LogP contribution < -0.4 is 10.4 Å². The number of carbonyl (C=O) groups is 1. The van der Waals surface area contributed by atoms with Crippen LogP contribution in [0.2, 0.25) is 0 Å². The molecule has 0 saturated carbocycles. The summed E-state index contributed by atoms with van der Waals surface area (Å²) in [5.74, 6) is 0.135. The molecule has 0 saturated heterocycles. The Morgan fingerprint density at radius 2 is 2.27 bits per heavy atom. The van der Waals surface area contributed by atoms with E-state index < -0.39 is 0 Å². The van der Waals surface area contributed by atoms with Gasteiger partial charge in [0.05, 0.1) is 17.7 Å². The summed E-state index contributed by atoms with van der Waals surface area (Å²) >= 11 is 1.40. The topological polar surface area (TPSA) is 76.3 Å². The van der Waals surface area contributed by atoms with Crippen molar-refractivity contribution in [1.82, 2.24) is 15.0 Å². The highest BCUT2D eigenvalue weighted by atomic mass is 32.2. The smallest absolute Gasteiger partial charge is 0.315 e. The Bertz CT molecular complexity index is 787. The molecule has 1 amide bonds. The molecular weight excluding hydrogens is 298 g/mol. The van der Waals surface area contributed by atoms with Gasteiger partial charge in [-0.25, -0.2) is 15.4 Å². The average molecular weight is 314 g/mol. The van der Waals surface area contributed by atoms with Crippen LogP contribution in [0.15, 0.2) is 52.9 Å². The Hall–Kier alpha value is -2.54. The maximum Gasteiger partial charge on any atom is 0.315 e. The van der Waals surface area contributed by atoms with Crippen LogP contribution in [-0.2, 0) is 11.8 Å². The molecule has 0 aliphatic rings. The number of H-pyrrole nitrogens is 2. The Morgan fingerprint density at radius 3 is 3.05 bits per heavy atom. The third-order valence-electron chi connectivity index (χ3n) is 3.14. The number of amides is 1. The molecule has 2 heterocycles. The monoisotopic (exact) mass is 314 g/mol. The zero-order valence-corrected chi connectivity index (χ0v) is 12.9. The molecule has 0 aliphatic heterocycles. The minimum atomic E-state index is -0.150. The maximum absolute atomic E-state index is 11.8. The molecule has 3 rings (SSSR count). The van der Waals surface area contributed by atoms with Crippen molar-refractivity contribution in [2.75, 3.05) is 5.75 Å². The molecule has 0 fully saturated rings. The van der Waals surface area contributed by atoms with Crippen molar-refractivity contribution in [3.63, 3.8) is 0 Å². The molecule has 6 nitrogen and oxygen atoms in total. The lowest BCUT2D eigenvalue weighted by atomic mass is 10.3. The van der Waals surface area contributed by atoms with Crippen molar-refractivity contribution in [3.8, 4) is 0 Å². The third-order valence-corrected chi connectivity index (χ3v) is 4.04. The summed E-state index contributed by atoms with van der Waals surface area (Å²) in [5.41, 5.74) is 5.49. The fourth-order valence-electron chi connectivity index (χ4n) is 2.00. The second-order valence-corrected chi connectivity index (χ2v) is 5.74. The summed E-state index contributed by atoms with van der Waals surface area (Å²) in [7, 11) is 1.92. The van der Waals surface area contributed by atoms with Crippen LogP contribution in [0.25, 0.3) is 11.0 Å². The lowest BCUT2D eigenvalue weighted by Crippen LogP contribution is -2.20. The second-order valence-electron chi connectivity index (χ2n) is 4.75. The number of carbonyl (C=O) groups excluding carboxylic acids is 1. The summed E-state index contributed by atoms with van der Waals surface area (Å²) < 4.78 is 1.92. The average Bonchev–Trinajstić information content (AvgIpc) is 3.11. The van der Waals surface area contributed by atoms with Crippen LogP contribution >= 0.6 is 11.8 Å². The highest BCUT2D eigenvalue weighted by Crippen LogP contribution is 2.14. The number of para-hydroxylation sites is 2. The quantitative estimate of drug-likeness (QED) is 0.426. The van der Waals surface area contributed by atoms with Gasteiger partial charge in [-0.1, -0.05) is 12.1 Å². The Balaban J connectivity index is 1.52. The first-order valence-electron chi connectivity index (χ1n) is 6.78. The van der Waals surface area contributed by atoms with Gasteiger partial charge in [-0.05, 0) is 36.0 Å². The van der Waals surface area contributed by atoms with E-state index >= 15 is 0 Å². The van der Waals surface area contributed by atoms with Crippen molar-refractivity contribution in [1.29, 1.82) is 0 Å². The number of hydrogen-bond acceptors (Lipinski definition) is 3. The largest absolute Gasteiger partial charge is 0.350 e. The van der Waals surface area contributed by atoms with Crippen molar-refractivity contribution in [3.05, 3.63) is 48.3 Å². The molecule has 0 bridgehead atoms. The zero-order valence-electron chi connectivity index (χ0n) is 12.0. The summed E-state index contributed by atoms with van der Waals surface area (Å²) in [5, 5.41) is 4.80. The first-order valence-corrected chi connectivity index (χ1v) is 7.77. The Labute approximate surface area is 131 Å². The number of imidazole rings is 1. The van der Waals surface area contributed by atoms with E-state index in [1.54, 1.807) is 6.21 Å². The van der Waals surface area contributed by atoms with Gasteiger partial charge in [-0.2, -0.15) is 5.10 Å². The van der Waals surface area contributed by atoms with Gasteiger partial charge in [-0.3, -0.25) is 4.79 Å². The zero-order chi connectivity index (χ0) is 15.4. The lowest BCUT2D eigenvalue weighted by Gasteiger charge is -1.97. The summed E-state index contributed by atoms with van der Waals surface area (Å²) in [6, 6.07) is 11.7. The van der Waals surface area contributed by atoms with Crippen LogP contribution in [-0.4, -0.2) is 27.4 Å². The van der Waals surface area contributed by atoms with Crippen molar-refractivity contribution in [2.45, 2.75) is 5.16 Å². The van der Waals surface area contributed by atoms with Gasteiger partial charge in [-0.15, -0.1) is 0 Å². The number of fused-ring (bicyclic) bond motifs is 1. The lowest BCUT2D eigenvalue weighted by molar-refractivity contribution is -0.396. The van der Waals surface area contributed by atoms with E-state index in [0.29, 0.717) is 0 Å². The fraction of sp³-hybridized carbons (Fsp3) is 0.133. The minimum Gasteiger partial charge on any atom is -0.350 e. The molecule has 3 N–H and O–H groups in total. The van der Waals surface area contributed by atoms with Crippen LogP contribution in [0, 0.1) is 0 Å². The predicted molar refractivity (Wildman–Crippen MR) is 86.7 cm³/mol. The van der Waals surface area contributed by atoms with Crippen molar-refractivity contribution >= 4 is 34.9 Å². The highest BCUT2D eigenvalue weighted by Gasteiger charge is 2.11. The molecule has 0 aliphatic carbocycles. The summed E-state index contributed by atoms with van der Waals surface area (Å²) in [4.78, 5) is 18.2. The standard InChI is InChI=1S/C15H15N5OS/c1-20-8-4-5-11(20)9-16-19-14(21)10-22-15-17-12-6-2-3-7-13(12)18-15/h2-9H,10H2,1H3,(H,17,18)(H,19,21)/p+1. The first kappa shape index (κ1) is 14.4. The van der Waals surface area contributed by atoms with Gasteiger partial charge in [0.2, 0.25) is 0 Å². The number of rotatable bonds is 5. The summed E-state index contributed by atoms with van der Waals surface area (Å²) in [6.07, 6.45) is 3.54. The van der Waals surface area contributed by atoms with Crippen LogP contribution in [0.4, 0.5) is 0 Å². The normalized spacial score (nSPS) is 11.3. The number of aryl methyl sites for hydroxylation is 1. The van der Waals surface area contributed by atoms with Gasteiger partial charge >= 0.3 is 5.16 Å². The molecule has 7 heteroatoms. The molecular formula is C15H16N5OS+. The molecule has 22 heavy (non-hydrogen) atoms. The SMILES string of the molecule is Cn1cccc1C=NNC(=O)CSc1[nH]c2ccccc2[nH+]1. The Morgan fingerprint density at radius 1 is 1.41 bits per heavy atom. The van der Waals surface area contributed by atoms with E-state index in [1.165, 1.54) is 11.8 Å². The van der Waals surface area contributed by atoms with E-state index in [9.17, 15) is 4.79 Å². The van der Waals surface area contributed by atoms with Gasteiger partial charge in [0.1, 0.15) is 0 Å². The van der Waals surface area contributed by atoms with Crippen molar-refractivity contribution in [2.24, 2.45) is 12.1 Å². The second kappa shape index (κ2) is 6.48. The number of hydrazone groups is 1. The predicted octanol–water partition coefficient (Wildman–Crippen LogP) is 1.56. The molecule has 0 radical (unpaired) electrons. The summed E-state index contributed by atoms with van der Waals surface area (Å²) in [6.45, 7) is 0. The van der Waals surface area contributed by atoms with Crippen LogP contribution in [0.3, 0.4) is 0 Å². The van der Waals surface area contributed by atoms with Gasteiger partial charge in [0, 0.05) is 13.2 Å². The van der Waals surface area contributed by atoms with Gasteiger partial charge in [0.15, 0.2) is 11.0 Å². The fourth-order valence-corrected chi connectivity index (χ4v) is 2.70. The number of aromatic amines is 2. The molecule has 0 atom stereocenters. The van der Waals surface area contributed by atoms with Gasteiger partial charge in [0.25, 0.3) is 5.91 Å². The third kappa shape index (κ3) is 3.37. The highest BCUT2D eigenvalue weighted by molar-refractivity contribution is 7.99. The number of hydrogen-bond donors (Lipinski definition) is 2. The van der Waals surface area contributed by atoms with E-state index in [1.807, 2.05) is 54.2 Å². The van der Waals surface area contributed by atoms with Crippen LogP contribution in [0.1, 0.15) is 5.69 Å². The van der Waals surface area contributed by atoms with E-state index in [-0.39, 0.29) is 11.7 Å². The molecule has 3 aromatic rings. The van der Waals surface area contributed by atoms with E-state index in [2.05, 4.69) is 20.5 Å². The number of benzene rings is 1. The van der Waals surface area contributed by atoms with Crippen LogP contribution in [0.5, 0.6) is 0 Å². The molecule has 0 unspecified atom stereocenters. The molecule has 112 valence electrons. The molecule has 2 aromatic heterocycles. The van der Waals surface area contributed by atoms with Gasteiger partial charge < -0.3 is 4.57 Å². The first-order chi connectivity index (χ1) is 10.7. The maximum atomic E-state index is 11.8.